The molecule has 25 heavy (non-hydrogen) atoms. The number of amides is 1. The van der Waals surface area contributed by atoms with Crippen LogP contribution in [0.15, 0.2) is 42.5 Å². The Morgan fingerprint density at radius 1 is 1.24 bits per heavy atom. The summed E-state index contributed by atoms with van der Waals surface area (Å²) in [6.07, 6.45) is 2.05. The number of ether oxygens (including phenoxy) is 1. The van der Waals surface area contributed by atoms with Crippen LogP contribution in [0.2, 0.25) is 0 Å². The fraction of sp³-hybridized carbons (Fsp3) is 0.222. The number of hydrogen-bond acceptors (Lipinski definition) is 3. The molecule has 2 aromatic rings. The van der Waals surface area contributed by atoms with Crippen molar-refractivity contribution in [2.45, 2.75) is 19.8 Å². The molecule has 0 aliphatic carbocycles. The van der Waals surface area contributed by atoms with Crippen molar-refractivity contribution in [2.24, 2.45) is 0 Å². The predicted molar refractivity (Wildman–Crippen MR) is 110 cm³/mol. The fourth-order valence-corrected chi connectivity index (χ4v) is 2.61. The zero-order valence-electron chi connectivity index (χ0n) is 13.6. The molecule has 0 unspecified atom stereocenters. The molecule has 0 saturated heterocycles. The minimum atomic E-state index is -0.433. The highest BCUT2D eigenvalue weighted by Gasteiger charge is 2.10. The van der Waals surface area contributed by atoms with Crippen LogP contribution in [0.25, 0.3) is 0 Å². The van der Waals surface area contributed by atoms with Crippen molar-refractivity contribution in [1.82, 2.24) is 5.32 Å². The van der Waals surface area contributed by atoms with E-state index >= 15 is 0 Å². The van der Waals surface area contributed by atoms with Crippen LogP contribution in [-0.2, 0) is 0 Å². The third-order valence-electron chi connectivity index (χ3n) is 3.29. The Bertz CT molecular complexity index is 753. The van der Waals surface area contributed by atoms with Gasteiger partial charge in [-0.3, -0.25) is 10.1 Å². The number of carbonyl (C=O) groups excluding carboxylic acids is 1. The van der Waals surface area contributed by atoms with E-state index in [0.717, 1.165) is 16.4 Å². The average Bonchev–Trinajstić information content (AvgIpc) is 2.58. The van der Waals surface area contributed by atoms with Crippen molar-refractivity contribution in [2.75, 3.05) is 11.9 Å². The van der Waals surface area contributed by atoms with Crippen LogP contribution in [0.5, 0.6) is 5.75 Å². The maximum atomic E-state index is 13.8. The maximum Gasteiger partial charge on any atom is 0.257 e. The minimum absolute atomic E-state index is 0.0355. The normalized spacial score (nSPS) is 10.2. The second kappa shape index (κ2) is 9.67. The van der Waals surface area contributed by atoms with Crippen LogP contribution in [0.4, 0.5) is 10.1 Å². The standard InChI is InChI=1S/C18H18FIN2O2S/c1-2-3-10-24-14-7-4-12(5-8-14)17(23)22-18(25)21-16-9-6-13(20)11-15(16)19/h4-9,11H,2-3,10H2,1H3,(H2,21,22,23,25). The Morgan fingerprint density at radius 2 is 1.96 bits per heavy atom. The molecule has 4 nitrogen and oxygen atoms in total. The molecule has 0 fully saturated rings. The highest BCUT2D eigenvalue weighted by atomic mass is 127. The van der Waals surface area contributed by atoms with Crippen LogP contribution < -0.4 is 15.4 Å². The number of thiocarbonyl (C=S) groups is 1. The largest absolute Gasteiger partial charge is 0.494 e. The summed E-state index contributed by atoms with van der Waals surface area (Å²) >= 11 is 7.08. The van der Waals surface area contributed by atoms with Crippen molar-refractivity contribution in [3.63, 3.8) is 0 Å². The molecule has 0 spiro atoms. The second-order valence-corrected chi connectivity index (χ2v) is 6.91. The van der Waals surface area contributed by atoms with E-state index in [-0.39, 0.29) is 16.7 Å². The molecular weight excluding hydrogens is 454 g/mol. The molecule has 132 valence electrons. The molecule has 0 saturated carbocycles. The van der Waals surface area contributed by atoms with Gasteiger partial charge >= 0.3 is 0 Å². The van der Waals surface area contributed by atoms with Crippen molar-refractivity contribution in [3.8, 4) is 5.75 Å². The summed E-state index contributed by atoms with van der Waals surface area (Å²) in [6.45, 7) is 2.74. The van der Waals surface area contributed by atoms with Crippen LogP contribution in [0.1, 0.15) is 30.1 Å². The molecule has 0 heterocycles. The van der Waals surface area contributed by atoms with E-state index in [2.05, 4.69) is 17.6 Å². The lowest BCUT2D eigenvalue weighted by Crippen LogP contribution is -2.34. The zero-order valence-corrected chi connectivity index (χ0v) is 16.6. The van der Waals surface area contributed by atoms with Crippen LogP contribution in [0.3, 0.4) is 0 Å². The van der Waals surface area contributed by atoms with Crippen molar-refractivity contribution in [1.29, 1.82) is 0 Å². The SMILES string of the molecule is CCCCOc1ccc(C(=O)NC(=S)Nc2ccc(I)cc2F)cc1. The summed E-state index contributed by atoms with van der Waals surface area (Å²) in [4.78, 5) is 12.2. The van der Waals surface area contributed by atoms with Gasteiger partial charge in [0.2, 0.25) is 0 Å². The first-order valence-corrected chi connectivity index (χ1v) is 9.28. The van der Waals surface area contributed by atoms with Gasteiger partial charge in [-0.25, -0.2) is 4.39 Å². The van der Waals surface area contributed by atoms with Crippen LogP contribution in [0, 0.1) is 9.39 Å². The van der Waals surface area contributed by atoms with Gasteiger partial charge in [-0.1, -0.05) is 13.3 Å². The van der Waals surface area contributed by atoms with E-state index in [4.69, 9.17) is 17.0 Å². The molecule has 0 atom stereocenters. The summed E-state index contributed by atoms with van der Waals surface area (Å²) in [5.41, 5.74) is 0.653. The van der Waals surface area contributed by atoms with Crippen molar-refractivity contribution < 1.29 is 13.9 Å². The molecule has 1 amide bonds. The molecule has 0 aliphatic rings. The number of nitrogens with one attached hydrogen (secondary N) is 2. The van der Waals surface area contributed by atoms with Crippen LogP contribution in [-0.4, -0.2) is 17.6 Å². The minimum Gasteiger partial charge on any atom is -0.494 e. The predicted octanol–water partition coefficient (Wildman–Crippen LogP) is 4.74. The number of halogens is 2. The van der Waals surface area contributed by atoms with Gasteiger partial charge in [0, 0.05) is 9.13 Å². The lowest BCUT2D eigenvalue weighted by atomic mass is 10.2. The molecular formula is C18H18FIN2O2S. The van der Waals surface area contributed by atoms with E-state index < -0.39 is 5.82 Å². The van der Waals surface area contributed by atoms with E-state index in [0.29, 0.717) is 17.9 Å². The van der Waals surface area contributed by atoms with Crippen molar-refractivity contribution >= 4 is 51.5 Å². The van der Waals surface area contributed by atoms with Gasteiger partial charge in [-0.05, 0) is 83.7 Å². The molecule has 0 radical (unpaired) electrons. The summed E-state index contributed by atoms with van der Waals surface area (Å²) in [6, 6.07) is 11.5. The van der Waals surface area contributed by atoms with Crippen molar-refractivity contribution in [3.05, 3.63) is 57.4 Å². The van der Waals surface area contributed by atoms with Gasteiger partial charge in [0.05, 0.1) is 12.3 Å². The maximum absolute atomic E-state index is 13.8. The number of rotatable bonds is 6. The lowest BCUT2D eigenvalue weighted by Gasteiger charge is -2.11. The quantitative estimate of drug-likeness (QED) is 0.363. The van der Waals surface area contributed by atoms with Gasteiger partial charge in [-0.15, -0.1) is 0 Å². The third kappa shape index (κ3) is 6.24. The smallest absolute Gasteiger partial charge is 0.257 e. The van der Waals surface area contributed by atoms with Gasteiger partial charge in [0.25, 0.3) is 5.91 Å². The summed E-state index contributed by atoms with van der Waals surface area (Å²) in [5, 5.41) is 5.25. The van der Waals surface area contributed by atoms with E-state index in [9.17, 15) is 9.18 Å². The van der Waals surface area contributed by atoms with Gasteiger partial charge in [0.1, 0.15) is 11.6 Å². The summed E-state index contributed by atoms with van der Waals surface area (Å²) in [7, 11) is 0. The second-order valence-electron chi connectivity index (χ2n) is 5.26. The Hall–Kier alpha value is -1.74. The number of anilines is 1. The summed E-state index contributed by atoms with van der Waals surface area (Å²) in [5.74, 6) is -0.0905. The topological polar surface area (TPSA) is 50.4 Å². The average molecular weight is 472 g/mol. The molecule has 0 aromatic heterocycles. The Kier molecular flexibility index (Phi) is 7.57. The molecule has 2 N–H and O–H groups in total. The molecule has 0 aliphatic heterocycles. The lowest BCUT2D eigenvalue weighted by molar-refractivity contribution is 0.0977. The molecule has 0 bridgehead atoms. The number of unbranched alkanes of at least 4 members (excludes halogenated alkanes) is 1. The summed E-state index contributed by atoms with van der Waals surface area (Å²) < 4.78 is 20.1. The Balaban J connectivity index is 1.91. The first-order chi connectivity index (χ1) is 12.0. The monoisotopic (exact) mass is 472 g/mol. The first-order valence-electron chi connectivity index (χ1n) is 7.80. The van der Waals surface area contributed by atoms with Crippen LogP contribution >= 0.6 is 34.8 Å². The highest BCUT2D eigenvalue weighted by molar-refractivity contribution is 14.1. The number of hydrogen-bond donors (Lipinski definition) is 2. The number of benzene rings is 2. The fourth-order valence-electron chi connectivity index (χ4n) is 1.96. The highest BCUT2D eigenvalue weighted by Crippen LogP contribution is 2.17. The molecule has 2 aromatic carbocycles. The molecule has 7 heteroatoms. The third-order valence-corrected chi connectivity index (χ3v) is 4.16. The Morgan fingerprint density at radius 3 is 2.60 bits per heavy atom. The van der Waals surface area contributed by atoms with E-state index in [1.807, 2.05) is 22.6 Å². The van der Waals surface area contributed by atoms with E-state index in [1.165, 1.54) is 6.07 Å². The number of carbonyl (C=O) groups is 1. The van der Waals surface area contributed by atoms with Gasteiger partial charge < -0.3 is 10.1 Å². The van der Waals surface area contributed by atoms with Gasteiger partial charge in [-0.2, -0.15) is 0 Å². The van der Waals surface area contributed by atoms with E-state index in [1.54, 1.807) is 36.4 Å². The Labute approximate surface area is 165 Å². The molecule has 2 rings (SSSR count). The zero-order chi connectivity index (χ0) is 18.2. The van der Waals surface area contributed by atoms with Gasteiger partial charge in [0.15, 0.2) is 5.11 Å². The first kappa shape index (κ1) is 19.6.